The molecule has 2 aliphatic heterocycles. The molecule has 402 valence electrons. The Morgan fingerprint density at radius 3 is 1.70 bits per heavy atom. The molecule has 2 aromatic heterocycles. The lowest BCUT2D eigenvalue weighted by Crippen LogP contribution is -2.61. The molecular formula is C75H78BN3O. The van der Waals surface area contributed by atoms with Crippen molar-refractivity contribution < 1.29 is 4.42 Å². The molecule has 8 aromatic carbocycles. The van der Waals surface area contributed by atoms with Gasteiger partial charge in [0, 0.05) is 66.9 Å². The van der Waals surface area contributed by atoms with Gasteiger partial charge in [0.2, 0.25) is 0 Å². The lowest BCUT2D eigenvalue weighted by atomic mass is 9.33. The molecule has 0 N–H and O–H groups in total. The molecule has 0 radical (unpaired) electrons. The van der Waals surface area contributed by atoms with Crippen LogP contribution in [0.15, 0.2) is 174 Å². The minimum absolute atomic E-state index is 0.0225. The van der Waals surface area contributed by atoms with Crippen LogP contribution in [0.4, 0.5) is 34.1 Å². The van der Waals surface area contributed by atoms with Crippen molar-refractivity contribution in [2.24, 2.45) is 11.3 Å². The van der Waals surface area contributed by atoms with E-state index in [0.717, 1.165) is 51.6 Å². The van der Waals surface area contributed by atoms with E-state index in [1.54, 1.807) is 0 Å². The maximum absolute atomic E-state index is 6.65. The third-order valence-electron chi connectivity index (χ3n) is 18.1. The first-order chi connectivity index (χ1) is 37.8. The Hall–Kier alpha value is -7.50. The van der Waals surface area contributed by atoms with Crippen LogP contribution >= 0.6 is 0 Å². The summed E-state index contributed by atoms with van der Waals surface area (Å²) >= 11 is 0. The summed E-state index contributed by atoms with van der Waals surface area (Å²) in [5, 5.41) is 4.86. The van der Waals surface area contributed by atoms with Gasteiger partial charge in [-0.25, -0.2) is 0 Å². The van der Waals surface area contributed by atoms with Crippen molar-refractivity contribution in [1.82, 2.24) is 4.57 Å². The number of nitrogens with zero attached hydrogens (tertiary/aromatic N) is 3. The van der Waals surface area contributed by atoms with E-state index in [2.05, 4.69) is 288 Å². The van der Waals surface area contributed by atoms with Crippen LogP contribution in [0.2, 0.25) is 0 Å². The highest BCUT2D eigenvalue weighted by Crippen LogP contribution is 2.49. The van der Waals surface area contributed by atoms with Crippen molar-refractivity contribution in [3.05, 3.63) is 192 Å². The molecule has 5 heteroatoms. The molecule has 13 rings (SSSR count). The summed E-state index contributed by atoms with van der Waals surface area (Å²) in [4.78, 5) is 5.22. The number of rotatable bonds is 4. The monoisotopic (exact) mass is 1050 g/mol. The van der Waals surface area contributed by atoms with Crippen molar-refractivity contribution in [2.45, 2.75) is 138 Å². The van der Waals surface area contributed by atoms with Crippen molar-refractivity contribution in [3.8, 4) is 11.1 Å². The van der Waals surface area contributed by atoms with Crippen LogP contribution < -0.4 is 26.2 Å². The van der Waals surface area contributed by atoms with Gasteiger partial charge in [-0.2, -0.15) is 0 Å². The molecule has 0 saturated carbocycles. The highest BCUT2D eigenvalue weighted by atomic mass is 16.3. The molecular weight excluding hydrogens is 970 g/mol. The van der Waals surface area contributed by atoms with Gasteiger partial charge >= 0.3 is 0 Å². The topological polar surface area (TPSA) is 24.6 Å². The summed E-state index contributed by atoms with van der Waals surface area (Å²) in [5.41, 5.74) is 24.2. The maximum atomic E-state index is 6.65. The number of anilines is 6. The standard InChI is InChI=1S/C75H78BN3O/c1-71(2,3)47-20-18-21-52(35-28-47)77-62-38-31-49(73(7,8)9)40-58(62)59-44-61-65(45-64(59)77)79(53-33-26-46(27-34-53)55-23-19-24-57-56-22-16-17-25-68(56)80-70(55)57)67-43-51(75(13,14)15)42-66-69(67)76(61)60-41-50(74(10,11)12)32-39-63(60)78(66)54-36-29-48(30-37-54)72(4,5)6/h16-17,19,21-45,47H,18,20H2,1-15H3. The third kappa shape index (κ3) is 8.47. The molecule has 0 spiro atoms. The van der Waals surface area contributed by atoms with Crippen LogP contribution in [0.25, 0.3) is 60.6 Å². The summed E-state index contributed by atoms with van der Waals surface area (Å²) in [6.07, 6.45) is 9.58. The number of benzene rings is 8. The number of fused-ring (bicyclic) bond motifs is 10. The Kier molecular flexibility index (Phi) is 11.7. The largest absolute Gasteiger partial charge is 0.455 e. The zero-order chi connectivity index (χ0) is 56.2. The second-order valence-electron chi connectivity index (χ2n) is 28.7. The molecule has 1 aliphatic carbocycles. The number of hydrogen-bond acceptors (Lipinski definition) is 3. The Morgan fingerprint density at radius 2 is 1.04 bits per heavy atom. The van der Waals surface area contributed by atoms with Gasteiger partial charge in [-0.05, 0) is 163 Å². The van der Waals surface area contributed by atoms with Crippen LogP contribution in [0.5, 0.6) is 0 Å². The molecule has 0 bridgehead atoms. The van der Waals surface area contributed by atoms with Gasteiger partial charge in [0.1, 0.15) is 11.2 Å². The van der Waals surface area contributed by atoms with E-state index < -0.39 is 0 Å². The summed E-state index contributed by atoms with van der Waals surface area (Å²) in [6.45, 7) is 35.2. The number of furan rings is 1. The predicted molar refractivity (Wildman–Crippen MR) is 347 cm³/mol. The molecule has 1 atom stereocenters. The first-order valence-corrected chi connectivity index (χ1v) is 29.4. The summed E-state index contributed by atoms with van der Waals surface area (Å²) in [7, 11) is 0. The fourth-order valence-electron chi connectivity index (χ4n) is 13.3. The molecule has 0 saturated heterocycles. The van der Waals surface area contributed by atoms with E-state index >= 15 is 0 Å². The van der Waals surface area contributed by atoms with E-state index in [0.29, 0.717) is 5.92 Å². The number of aromatic nitrogens is 1. The van der Waals surface area contributed by atoms with Gasteiger partial charge < -0.3 is 18.8 Å². The Bertz CT molecular complexity index is 4200. The molecule has 4 heterocycles. The van der Waals surface area contributed by atoms with Gasteiger partial charge in [0.05, 0.1) is 11.0 Å². The molecule has 10 aromatic rings. The third-order valence-corrected chi connectivity index (χ3v) is 18.1. The van der Waals surface area contributed by atoms with Gasteiger partial charge in [0.25, 0.3) is 6.71 Å². The van der Waals surface area contributed by atoms with Crippen molar-refractivity contribution in [3.63, 3.8) is 0 Å². The van der Waals surface area contributed by atoms with E-state index in [1.165, 1.54) is 94.6 Å². The van der Waals surface area contributed by atoms with Crippen molar-refractivity contribution in [2.75, 3.05) is 9.80 Å². The second kappa shape index (κ2) is 18.0. The fourth-order valence-corrected chi connectivity index (χ4v) is 13.3. The maximum Gasteiger partial charge on any atom is 0.252 e. The molecule has 3 aliphatic rings. The van der Waals surface area contributed by atoms with Crippen LogP contribution in [0.1, 0.15) is 139 Å². The summed E-state index contributed by atoms with van der Waals surface area (Å²) < 4.78 is 9.24. The molecule has 80 heavy (non-hydrogen) atoms. The normalized spacial score (nSPS) is 15.9. The van der Waals surface area contributed by atoms with Gasteiger partial charge in [-0.3, -0.25) is 0 Å². The first-order valence-electron chi connectivity index (χ1n) is 29.4. The lowest BCUT2D eigenvalue weighted by Gasteiger charge is -2.45. The number of hydrogen-bond donors (Lipinski definition) is 0. The Balaban J connectivity index is 1.13. The lowest BCUT2D eigenvalue weighted by molar-refractivity contribution is 0.280. The Labute approximate surface area is 475 Å². The van der Waals surface area contributed by atoms with E-state index in [-0.39, 0.29) is 33.8 Å². The highest BCUT2D eigenvalue weighted by molar-refractivity contribution is 7.00. The number of allylic oxidation sites excluding steroid dienone is 4. The van der Waals surface area contributed by atoms with Gasteiger partial charge in [0.15, 0.2) is 0 Å². The van der Waals surface area contributed by atoms with E-state index in [4.69, 9.17) is 4.42 Å². The molecule has 4 nitrogen and oxygen atoms in total. The quantitative estimate of drug-likeness (QED) is 0.164. The molecule has 1 unspecified atom stereocenters. The first kappa shape index (κ1) is 51.9. The van der Waals surface area contributed by atoms with E-state index in [1.807, 2.05) is 0 Å². The molecule has 0 fully saturated rings. The smallest absolute Gasteiger partial charge is 0.252 e. The van der Waals surface area contributed by atoms with Crippen molar-refractivity contribution >= 4 is 107 Å². The van der Waals surface area contributed by atoms with Gasteiger partial charge in [-0.15, -0.1) is 0 Å². The summed E-state index contributed by atoms with van der Waals surface area (Å²) in [5.74, 6) is 0.477. The minimum atomic E-state index is -0.162. The second-order valence-corrected chi connectivity index (χ2v) is 28.7. The SMILES string of the molecule is CC(C)(C)c1ccc(N2c3ccc(C(C)(C)C)cc3B3c4cc5c6cc(C(C)(C)C)ccc6n(C6=CCCC(C(C)(C)C)C=C6)c5cc4N(c4ccc(-c5cccc6c5oc5ccccc56)cc4)c4cc(C(C)(C)C)cc2c43)cc1. The van der Waals surface area contributed by atoms with Crippen LogP contribution in [-0.4, -0.2) is 11.3 Å². The van der Waals surface area contributed by atoms with E-state index in [9.17, 15) is 0 Å². The zero-order valence-corrected chi connectivity index (χ0v) is 50.0. The van der Waals surface area contributed by atoms with Crippen LogP contribution in [0, 0.1) is 11.3 Å². The minimum Gasteiger partial charge on any atom is -0.455 e. The number of para-hydroxylation sites is 2. The van der Waals surface area contributed by atoms with Crippen LogP contribution in [-0.2, 0) is 21.7 Å². The summed E-state index contributed by atoms with van der Waals surface area (Å²) in [6, 6.07) is 58.6. The fraction of sp³-hybridized carbons (Fsp3) is 0.307. The Morgan fingerprint density at radius 1 is 0.463 bits per heavy atom. The van der Waals surface area contributed by atoms with Crippen molar-refractivity contribution in [1.29, 1.82) is 0 Å². The highest BCUT2D eigenvalue weighted by Gasteiger charge is 2.45. The zero-order valence-electron chi connectivity index (χ0n) is 50.0. The van der Waals surface area contributed by atoms with Crippen LogP contribution in [0.3, 0.4) is 0 Å². The van der Waals surface area contributed by atoms with Gasteiger partial charge in [-0.1, -0.05) is 201 Å². The molecule has 0 amide bonds. The average molecular weight is 1050 g/mol. The predicted octanol–water partition coefficient (Wildman–Crippen LogP) is 19.5. The average Bonchev–Trinajstić information content (AvgIpc) is 3.87.